The third-order valence-corrected chi connectivity index (χ3v) is 5.35. The molecule has 4 heterocycles. The Morgan fingerprint density at radius 1 is 0.933 bits per heavy atom. The summed E-state index contributed by atoms with van der Waals surface area (Å²) in [6.45, 7) is 4.51. The average molecular weight is 399 g/mol. The molecule has 30 heavy (non-hydrogen) atoms. The van der Waals surface area contributed by atoms with E-state index in [1.165, 1.54) is 0 Å². The molecule has 3 aromatic heterocycles. The standard InChI is InChI=1S/C22H21N7O/c1-16-19(21-24-9-5-11-29(21)26-16)22(30)28-14-12-27(13-15-28)18-8-10-23-20(25-18)17-6-3-2-4-7-17/h2-11H,12-15H2,1H3. The minimum Gasteiger partial charge on any atom is -0.353 e. The molecule has 8 heteroatoms. The van der Waals surface area contributed by atoms with E-state index in [1.807, 2.05) is 54.4 Å². The number of rotatable bonds is 3. The number of aryl methyl sites for hydroxylation is 1. The van der Waals surface area contributed by atoms with Gasteiger partial charge in [-0.1, -0.05) is 30.3 Å². The number of nitrogens with zero attached hydrogens (tertiary/aromatic N) is 7. The molecule has 8 nitrogen and oxygen atoms in total. The van der Waals surface area contributed by atoms with Crippen molar-refractivity contribution in [2.24, 2.45) is 0 Å². The molecule has 1 aliphatic heterocycles. The van der Waals surface area contributed by atoms with Crippen molar-refractivity contribution in [1.29, 1.82) is 0 Å². The number of anilines is 1. The maximum atomic E-state index is 13.2. The molecule has 1 fully saturated rings. The van der Waals surface area contributed by atoms with Crippen LogP contribution in [0.3, 0.4) is 0 Å². The Bertz CT molecular complexity index is 1200. The van der Waals surface area contributed by atoms with Gasteiger partial charge in [0.25, 0.3) is 5.91 Å². The lowest BCUT2D eigenvalue weighted by Crippen LogP contribution is -2.49. The Kier molecular flexibility index (Phi) is 4.59. The first kappa shape index (κ1) is 18.2. The highest BCUT2D eigenvalue weighted by molar-refractivity contribution is 6.01. The van der Waals surface area contributed by atoms with Crippen molar-refractivity contribution in [3.05, 3.63) is 72.3 Å². The van der Waals surface area contributed by atoms with Crippen LogP contribution in [0.5, 0.6) is 0 Å². The highest BCUT2D eigenvalue weighted by atomic mass is 16.2. The third kappa shape index (κ3) is 3.26. The fourth-order valence-electron chi connectivity index (χ4n) is 3.80. The zero-order chi connectivity index (χ0) is 20.5. The molecule has 0 aliphatic carbocycles. The number of carbonyl (C=O) groups excluding carboxylic acids is 1. The smallest absolute Gasteiger partial charge is 0.259 e. The van der Waals surface area contributed by atoms with E-state index in [9.17, 15) is 4.79 Å². The van der Waals surface area contributed by atoms with E-state index in [4.69, 9.17) is 4.98 Å². The number of aromatic nitrogens is 5. The Morgan fingerprint density at radius 3 is 2.53 bits per heavy atom. The molecule has 5 rings (SSSR count). The third-order valence-electron chi connectivity index (χ3n) is 5.35. The predicted molar refractivity (Wildman–Crippen MR) is 113 cm³/mol. The minimum atomic E-state index is -0.0199. The molecular formula is C22H21N7O. The van der Waals surface area contributed by atoms with Crippen LogP contribution in [-0.4, -0.2) is 61.6 Å². The van der Waals surface area contributed by atoms with Crippen molar-refractivity contribution in [2.75, 3.05) is 31.1 Å². The van der Waals surface area contributed by atoms with E-state index in [-0.39, 0.29) is 5.91 Å². The largest absolute Gasteiger partial charge is 0.353 e. The molecule has 0 atom stereocenters. The monoisotopic (exact) mass is 399 g/mol. The molecule has 1 aromatic carbocycles. The Morgan fingerprint density at radius 2 is 1.73 bits per heavy atom. The molecule has 150 valence electrons. The van der Waals surface area contributed by atoms with Gasteiger partial charge in [0, 0.05) is 50.3 Å². The fraction of sp³-hybridized carbons (Fsp3) is 0.227. The number of amides is 1. The van der Waals surface area contributed by atoms with Gasteiger partial charge in [-0.3, -0.25) is 4.79 Å². The number of fused-ring (bicyclic) bond motifs is 1. The second-order valence-electron chi connectivity index (χ2n) is 7.23. The van der Waals surface area contributed by atoms with Gasteiger partial charge in [0.1, 0.15) is 11.4 Å². The molecule has 4 aromatic rings. The van der Waals surface area contributed by atoms with Crippen LogP contribution in [0.15, 0.2) is 61.1 Å². The van der Waals surface area contributed by atoms with Crippen molar-refractivity contribution in [2.45, 2.75) is 6.92 Å². The summed E-state index contributed by atoms with van der Waals surface area (Å²) >= 11 is 0. The first-order valence-corrected chi connectivity index (χ1v) is 9.93. The van der Waals surface area contributed by atoms with Crippen LogP contribution in [-0.2, 0) is 0 Å². The topological polar surface area (TPSA) is 79.5 Å². The van der Waals surface area contributed by atoms with E-state index in [0.29, 0.717) is 48.9 Å². The quantitative estimate of drug-likeness (QED) is 0.527. The van der Waals surface area contributed by atoms with E-state index in [1.54, 1.807) is 23.0 Å². The predicted octanol–water partition coefficient (Wildman–Crippen LogP) is 2.46. The molecule has 1 aliphatic rings. The van der Waals surface area contributed by atoms with Gasteiger partial charge in [0.15, 0.2) is 11.5 Å². The normalized spacial score (nSPS) is 14.3. The van der Waals surface area contributed by atoms with E-state index in [0.717, 1.165) is 11.4 Å². The Hall–Kier alpha value is -3.81. The van der Waals surface area contributed by atoms with Gasteiger partial charge < -0.3 is 9.80 Å². The lowest BCUT2D eigenvalue weighted by Gasteiger charge is -2.35. The van der Waals surface area contributed by atoms with Gasteiger partial charge in [0.05, 0.1) is 5.69 Å². The van der Waals surface area contributed by atoms with Crippen molar-refractivity contribution in [3.8, 4) is 11.4 Å². The number of hydrogen-bond donors (Lipinski definition) is 0. The lowest BCUT2D eigenvalue weighted by atomic mass is 10.2. The highest BCUT2D eigenvalue weighted by Gasteiger charge is 2.27. The second-order valence-corrected chi connectivity index (χ2v) is 7.23. The molecule has 0 bridgehead atoms. The minimum absolute atomic E-state index is 0.0199. The first-order chi connectivity index (χ1) is 14.7. The van der Waals surface area contributed by atoms with Crippen molar-refractivity contribution in [1.82, 2.24) is 29.5 Å². The maximum Gasteiger partial charge on any atom is 0.259 e. The maximum absolute atomic E-state index is 13.2. The summed E-state index contributed by atoms with van der Waals surface area (Å²) in [5, 5.41) is 4.41. The summed E-state index contributed by atoms with van der Waals surface area (Å²) in [5.41, 5.74) is 2.87. The Labute approximate surface area is 173 Å². The van der Waals surface area contributed by atoms with Gasteiger partial charge in [0.2, 0.25) is 0 Å². The van der Waals surface area contributed by atoms with E-state index < -0.39 is 0 Å². The summed E-state index contributed by atoms with van der Waals surface area (Å²) in [6.07, 6.45) is 5.28. The van der Waals surface area contributed by atoms with Crippen LogP contribution >= 0.6 is 0 Å². The second kappa shape index (κ2) is 7.55. The lowest BCUT2D eigenvalue weighted by molar-refractivity contribution is 0.0747. The van der Waals surface area contributed by atoms with E-state index >= 15 is 0 Å². The van der Waals surface area contributed by atoms with Crippen LogP contribution in [0, 0.1) is 6.92 Å². The van der Waals surface area contributed by atoms with Crippen molar-refractivity contribution >= 4 is 17.4 Å². The Balaban J connectivity index is 1.32. The molecular weight excluding hydrogens is 378 g/mol. The number of carbonyl (C=O) groups is 1. The number of hydrogen-bond acceptors (Lipinski definition) is 6. The van der Waals surface area contributed by atoms with Crippen LogP contribution in [0.25, 0.3) is 17.0 Å². The SMILES string of the molecule is Cc1nn2cccnc2c1C(=O)N1CCN(c2ccnc(-c3ccccc3)n2)CC1. The zero-order valence-electron chi connectivity index (χ0n) is 16.6. The number of piperazine rings is 1. The summed E-state index contributed by atoms with van der Waals surface area (Å²) in [7, 11) is 0. The average Bonchev–Trinajstić information content (AvgIpc) is 3.15. The summed E-state index contributed by atoms with van der Waals surface area (Å²) in [6, 6.07) is 13.7. The molecule has 0 N–H and O–H groups in total. The molecule has 0 unspecified atom stereocenters. The van der Waals surface area contributed by atoms with Crippen LogP contribution in [0.1, 0.15) is 16.1 Å². The zero-order valence-corrected chi connectivity index (χ0v) is 16.6. The molecule has 0 saturated carbocycles. The van der Waals surface area contributed by atoms with Crippen LogP contribution in [0.4, 0.5) is 5.82 Å². The summed E-state index contributed by atoms with van der Waals surface area (Å²) in [5.74, 6) is 1.57. The van der Waals surface area contributed by atoms with Gasteiger partial charge in [-0.25, -0.2) is 19.5 Å². The number of benzene rings is 1. The van der Waals surface area contributed by atoms with Crippen molar-refractivity contribution < 1.29 is 4.79 Å². The molecule has 0 spiro atoms. The van der Waals surface area contributed by atoms with Crippen LogP contribution in [0.2, 0.25) is 0 Å². The van der Waals surface area contributed by atoms with E-state index in [2.05, 4.69) is 20.0 Å². The van der Waals surface area contributed by atoms with Gasteiger partial charge in [-0.15, -0.1) is 0 Å². The summed E-state index contributed by atoms with van der Waals surface area (Å²) in [4.78, 5) is 30.7. The first-order valence-electron chi connectivity index (χ1n) is 9.93. The van der Waals surface area contributed by atoms with Gasteiger partial charge in [-0.05, 0) is 19.1 Å². The molecule has 0 radical (unpaired) electrons. The van der Waals surface area contributed by atoms with Gasteiger partial charge in [-0.2, -0.15) is 5.10 Å². The van der Waals surface area contributed by atoms with Crippen LogP contribution < -0.4 is 4.90 Å². The molecule has 1 saturated heterocycles. The van der Waals surface area contributed by atoms with Gasteiger partial charge >= 0.3 is 0 Å². The fourth-order valence-corrected chi connectivity index (χ4v) is 3.80. The highest BCUT2D eigenvalue weighted by Crippen LogP contribution is 2.21. The summed E-state index contributed by atoms with van der Waals surface area (Å²) < 4.78 is 1.66. The molecule has 1 amide bonds. The van der Waals surface area contributed by atoms with Crippen molar-refractivity contribution in [3.63, 3.8) is 0 Å².